The van der Waals surface area contributed by atoms with Crippen LogP contribution in [0.1, 0.15) is 56.6 Å². The molecule has 0 bridgehead atoms. The Morgan fingerprint density at radius 2 is 1.76 bits per heavy atom. The summed E-state index contributed by atoms with van der Waals surface area (Å²) in [4.78, 5) is 9.49. The van der Waals surface area contributed by atoms with Crippen LogP contribution in [-0.2, 0) is 16.0 Å². The minimum absolute atomic E-state index is 0.0000860. The van der Waals surface area contributed by atoms with Crippen molar-refractivity contribution in [2.45, 2.75) is 57.3 Å². The Kier molecular flexibility index (Phi) is 4.79. The predicted molar refractivity (Wildman–Crippen MR) is 119 cm³/mol. The van der Waals surface area contributed by atoms with E-state index in [2.05, 4.69) is 28.7 Å². The SMILES string of the molecule is CC(C)n1nc(-c2cnc(C(F)(F)F)nc2)cc1[C@H]1[C@@H]2C[C@H](N3CCC4(C3)CS(=O)(=O)C4)C[C@@H]21. The van der Waals surface area contributed by atoms with E-state index in [9.17, 15) is 21.6 Å². The summed E-state index contributed by atoms with van der Waals surface area (Å²) in [6.07, 6.45) is 1.03. The lowest BCUT2D eigenvalue weighted by atomic mass is 9.91. The highest BCUT2D eigenvalue weighted by Gasteiger charge is 2.60. The van der Waals surface area contributed by atoms with E-state index in [-0.39, 0.29) is 11.5 Å². The molecule has 4 fully saturated rings. The van der Waals surface area contributed by atoms with Crippen LogP contribution in [0.5, 0.6) is 0 Å². The summed E-state index contributed by atoms with van der Waals surface area (Å²) in [6, 6.07) is 2.65. The van der Waals surface area contributed by atoms with Crippen molar-refractivity contribution >= 4 is 9.84 Å². The van der Waals surface area contributed by atoms with E-state index in [1.807, 2.05) is 10.7 Å². The van der Waals surface area contributed by atoms with Crippen LogP contribution in [0.3, 0.4) is 0 Å². The summed E-state index contributed by atoms with van der Waals surface area (Å²) >= 11 is 0. The van der Waals surface area contributed by atoms with Gasteiger partial charge in [-0.25, -0.2) is 18.4 Å². The molecule has 11 heteroatoms. The van der Waals surface area contributed by atoms with E-state index in [0.717, 1.165) is 38.0 Å². The summed E-state index contributed by atoms with van der Waals surface area (Å²) in [5.74, 6) is 1.13. The molecule has 34 heavy (non-hydrogen) atoms. The molecule has 2 aliphatic heterocycles. The van der Waals surface area contributed by atoms with Gasteiger partial charge in [-0.1, -0.05) is 0 Å². The molecule has 2 saturated heterocycles. The zero-order valence-electron chi connectivity index (χ0n) is 19.2. The second kappa shape index (κ2) is 7.25. The first-order chi connectivity index (χ1) is 15.9. The van der Waals surface area contributed by atoms with Gasteiger partial charge >= 0.3 is 6.18 Å². The number of aromatic nitrogens is 4. The molecular formula is C23H28F3N5O2S. The van der Waals surface area contributed by atoms with Crippen LogP contribution >= 0.6 is 0 Å². The van der Waals surface area contributed by atoms with E-state index in [4.69, 9.17) is 5.10 Å². The van der Waals surface area contributed by atoms with E-state index < -0.39 is 21.8 Å². The van der Waals surface area contributed by atoms with E-state index in [1.54, 1.807) is 0 Å². The van der Waals surface area contributed by atoms with Crippen LogP contribution in [0.25, 0.3) is 11.3 Å². The molecule has 4 atom stereocenters. The average molecular weight is 496 g/mol. The van der Waals surface area contributed by atoms with E-state index >= 15 is 0 Å². The van der Waals surface area contributed by atoms with Gasteiger partial charge in [-0.05, 0) is 57.6 Å². The Morgan fingerprint density at radius 3 is 2.32 bits per heavy atom. The van der Waals surface area contributed by atoms with E-state index in [1.165, 1.54) is 12.4 Å². The Morgan fingerprint density at radius 1 is 1.12 bits per heavy atom. The van der Waals surface area contributed by atoms with Gasteiger partial charge in [-0.3, -0.25) is 9.58 Å². The Hall–Kier alpha value is -2.01. The number of hydrogen-bond acceptors (Lipinski definition) is 6. The highest BCUT2D eigenvalue weighted by molar-refractivity contribution is 7.92. The topological polar surface area (TPSA) is 81.0 Å². The number of rotatable bonds is 4. The molecule has 184 valence electrons. The molecule has 2 aromatic rings. The minimum atomic E-state index is -4.56. The van der Waals surface area contributed by atoms with Gasteiger partial charge in [-0.2, -0.15) is 18.3 Å². The number of hydrogen-bond donors (Lipinski definition) is 0. The quantitative estimate of drug-likeness (QED) is 0.645. The molecule has 7 nitrogen and oxygen atoms in total. The van der Waals surface area contributed by atoms with Crippen molar-refractivity contribution < 1.29 is 21.6 Å². The zero-order valence-corrected chi connectivity index (χ0v) is 20.0. The number of fused-ring (bicyclic) bond motifs is 1. The third kappa shape index (κ3) is 3.66. The third-order valence-corrected chi connectivity index (χ3v) is 10.4. The lowest BCUT2D eigenvalue weighted by Crippen LogP contribution is -2.50. The number of sulfone groups is 1. The molecule has 1 spiro atoms. The highest BCUT2D eigenvalue weighted by Crippen LogP contribution is 2.64. The van der Waals surface area contributed by atoms with Crippen molar-refractivity contribution in [1.82, 2.24) is 24.6 Å². The first-order valence-corrected chi connectivity index (χ1v) is 13.7. The lowest BCUT2D eigenvalue weighted by molar-refractivity contribution is -0.144. The van der Waals surface area contributed by atoms with Gasteiger partial charge in [0.1, 0.15) is 0 Å². The maximum Gasteiger partial charge on any atom is 0.451 e. The van der Waals surface area contributed by atoms with Crippen molar-refractivity contribution in [3.8, 4) is 11.3 Å². The van der Waals surface area contributed by atoms with Gasteiger partial charge in [-0.15, -0.1) is 0 Å². The smallest absolute Gasteiger partial charge is 0.300 e. The molecule has 0 radical (unpaired) electrons. The van der Waals surface area contributed by atoms with E-state index in [0.29, 0.717) is 46.6 Å². The first kappa shape index (κ1) is 22.5. The summed E-state index contributed by atoms with van der Waals surface area (Å²) < 4.78 is 63.8. The molecule has 2 saturated carbocycles. The Labute approximate surface area is 196 Å². The Balaban J connectivity index is 1.15. The number of likely N-dealkylation sites (tertiary alicyclic amines) is 1. The molecule has 0 amide bonds. The van der Waals surface area contributed by atoms with Crippen molar-refractivity contribution in [3.63, 3.8) is 0 Å². The van der Waals surface area contributed by atoms with Crippen LogP contribution in [0.2, 0.25) is 0 Å². The first-order valence-electron chi connectivity index (χ1n) is 11.9. The molecule has 2 aliphatic carbocycles. The van der Waals surface area contributed by atoms with Gasteiger partial charge in [0.2, 0.25) is 5.82 Å². The molecule has 6 rings (SSSR count). The molecule has 4 heterocycles. The molecule has 0 aromatic carbocycles. The van der Waals surface area contributed by atoms with Crippen molar-refractivity contribution in [1.29, 1.82) is 0 Å². The number of nitrogens with zero attached hydrogens (tertiary/aromatic N) is 5. The lowest BCUT2D eigenvalue weighted by Gasteiger charge is -2.38. The third-order valence-electron chi connectivity index (χ3n) is 8.25. The van der Waals surface area contributed by atoms with Crippen LogP contribution < -0.4 is 0 Å². The molecule has 0 N–H and O–H groups in total. The summed E-state index contributed by atoms with van der Waals surface area (Å²) in [7, 11) is -2.81. The molecular weight excluding hydrogens is 467 g/mol. The fourth-order valence-electron chi connectivity index (χ4n) is 6.78. The summed E-state index contributed by atoms with van der Waals surface area (Å²) in [6.45, 7) is 6.01. The van der Waals surface area contributed by atoms with Crippen LogP contribution in [0.15, 0.2) is 18.5 Å². The maximum absolute atomic E-state index is 12.8. The van der Waals surface area contributed by atoms with Gasteiger partial charge in [0.25, 0.3) is 0 Å². The largest absolute Gasteiger partial charge is 0.451 e. The Bertz CT molecular complexity index is 1200. The average Bonchev–Trinajstić information content (AvgIpc) is 3.18. The van der Waals surface area contributed by atoms with Gasteiger partial charge in [0.05, 0.1) is 17.2 Å². The van der Waals surface area contributed by atoms with Crippen molar-refractivity contribution in [3.05, 3.63) is 30.0 Å². The van der Waals surface area contributed by atoms with Gasteiger partial charge in [0.15, 0.2) is 9.84 Å². The zero-order chi connectivity index (χ0) is 24.0. The molecule has 4 aliphatic rings. The van der Waals surface area contributed by atoms with Crippen molar-refractivity contribution in [2.75, 3.05) is 24.6 Å². The normalized spacial score (nSPS) is 31.7. The fraction of sp³-hybridized carbons (Fsp3) is 0.696. The van der Waals surface area contributed by atoms with Gasteiger partial charge < -0.3 is 0 Å². The number of halogens is 3. The fourth-order valence-corrected chi connectivity index (χ4v) is 9.03. The van der Waals surface area contributed by atoms with Crippen molar-refractivity contribution in [2.24, 2.45) is 17.3 Å². The van der Waals surface area contributed by atoms with Crippen LogP contribution in [-0.4, -0.2) is 63.7 Å². The molecule has 0 unspecified atom stereocenters. The minimum Gasteiger partial charge on any atom is -0.300 e. The van der Waals surface area contributed by atoms with Crippen LogP contribution in [0, 0.1) is 17.3 Å². The molecule has 2 aromatic heterocycles. The highest BCUT2D eigenvalue weighted by atomic mass is 32.2. The maximum atomic E-state index is 12.8. The summed E-state index contributed by atoms with van der Waals surface area (Å²) in [5.41, 5.74) is 2.23. The predicted octanol–water partition coefficient (Wildman–Crippen LogP) is 3.55. The number of alkyl halides is 3. The standard InChI is InChI=1S/C23H28F3N5O2S/c1-13(2)31-19(7-18(29-31)14-8-27-21(28-9-14)23(24,25)26)20-16-5-15(6-17(16)20)30-4-3-22(10-30)11-34(32,33)12-22/h7-9,13,15-17,20H,3-6,10-12H2,1-2H3/t15-,16+,17-,20-. The second-order valence-corrected chi connectivity index (χ2v) is 13.1. The van der Waals surface area contributed by atoms with Gasteiger partial charge in [0, 0.05) is 53.6 Å². The monoisotopic (exact) mass is 495 g/mol. The second-order valence-electron chi connectivity index (χ2n) is 11.0. The van der Waals surface area contributed by atoms with Crippen LogP contribution in [0.4, 0.5) is 13.2 Å². The summed E-state index contributed by atoms with van der Waals surface area (Å²) in [5, 5.41) is 4.70.